The van der Waals surface area contributed by atoms with E-state index in [2.05, 4.69) is 78.5 Å². The average molecular weight is 618 g/mol. The zero-order valence-corrected chi connectivity index (χ0v) is 25.4. The van der Waals surface area contributed by atoms with E-state index >= 15 is 0 Å². The number of benzene rings is 2. The summed E-state index contributed by atoms with van der Waals surface area (Å²) in [5.41, 5.74) is 8.28. The summed E-state index contributed by atoms with van der Waals surface area (Å²) < 4.78 is 7.13. The number of fused-ring (bicyclic) bond motifs is 2. The monoisotopic (exact) mass is 615 g/mol. The van der Waals surface area contributed by atoms with Crippen LogP contribution >= 0.6 is 0 Å². The molecule has 4 aliphatic rings. The number of nitrogens with zero attached hydrogens (tertiary/aromatic N) is 2. The molecule has 0 bridgehead atoms. The SMILES string of the molecule is O=C[NH][Ga]([NH]C=O)[Zr]([CH]1C=C(N2CCCC2)c2ccccc21)[CH]1C=C(N2CCCC2)c2ccccc21. The van der Waals surface area contributed by atoms with Crippen molar-refractivity contribution in [1.29, 1.82) is 0 Å². The van der Waals surface area contributed by atoms with Crippen molar-refractivity contribution < 1.29 is 28.3 Å². The Hall–Kier alpha value is -2.02. The van der Waals surface area contributed by atoms with E-state index in [1.54, 1.807) is 0 Å². The van der Waals surface area contributed by atoms with Gasteiger partial charge in [0.2, 0.25) is 0 Å². The summed E-state index contributed by atoms with van der Waals surface area (Å²) in [6, 6.07) is 17.8. The Labute approximate surface area is 223 Å². The van der Waals surface area contributed by atoms with E-state index in [-0.39, 0.29) is 0 Å². The second-order valence-electron chi connectivity index (χ2n) is 10.1. The zero-order chi connectivity index (χ0) is 24.5. The molecule has 0 spiro atoms. The van der Waals surface area contributed by atoms with Crippen LogP contribution in [-0.4, -0.2) is 61.4 Å². The van der Waals surface area contributed by atoms with Crippen molar-refractivity contribution in [3.8, 4) is 0 Å². The fourth-order valence-corrected chi connectivity index (χ4v) is 38.1. The molecule has 2 aliphatic heterocycles. The summed E-state index contributed by atoms with van der Waals surface area (Å²) in [5, 5.41) is 0. The van der Waals surface area contributed by atoms with Crippen molar-refractivity contribution >= 4 is 36.9 Å². The fourth-order valence-electron chi connectivity index (χ4n) is 6.63. The van der Waals surface area contributed by atoms with Crippen molar-refractivity contribution in [3.63, 3.8) is 0 Å². The van der Waals surface area contributed by atoms with Gasteiger partial charge >= 0.3 is 225 Å². The van der Waals surface area contributed by atoms with Crippen LogP contribution in [0.25, 0.3) is 11.4 Å². The Morgan fingerprint density at radius 2 is 1.11 bits per heavy atom. The van der Waals surface area contributed by atoms with Crippen LogP contribution in [0.5, 0.6) is 0 Å². The molecule has 2 amide bonds. The first kappa shape index (κ1) is 24.3. The number of likely N-dealkylation sites (tertiary alicyclic amines) is 2. The van der Waals surface area contributed by atoms with Gasteiger partial charge in [-0.15, -0.1) is 0 Å². The average Bonchev–Trinajstić information content (AvgIpc) is 3.71. The molecular weight excluding hydrogens is 585 g/mol. The summed E-state index contributed by atoms with van der Waals surface area (Å²) >= 11 is -5.31. The Bertz CT molecular complexity index is 1110. The van der Waals surface area contributed by atoms with Crippen LogP contribution in [0.2, 0.25) is 0 Å². The van der Waals surface area contributed by atoms with E-state index in [9.17, 15) is 9.59 Å². The van der Waals surface area contributed by atoms with E-state index < -0.39 is 31.3 Å². The molecule has 2 heterocycles. The second kappa shape index (κ2) is 10.8. The summed E-state index contributed by atoms with van der Waals surface area (Å²) in [4.78, 5) is 28.8. The summed E-state index contributed by atoms with van der Waals surface area (Å²) in [7, 11) is 0. The van der Waals surface area contributed by atoms with Gasteiger partial charge in [-0.2, -0.15) is 0 Å². The quantitative estimate of drug-likeness (QED) is 0.335. The number of rotatable bonds is 9. The Morgan fingerprint density at radius 1 is 0.694 bits per heavy atom. The minimum atomic E-state index is -2.67. The number of carbonyl (C=O) groups excluding carboxylic acids is 2. The van der Waals surface area contributed by atoms with Gasteiger partial charge in [-0.3, -0.25) is 0 Å². The predicted octanol–water partition coefficient (Wildman–Crippen LogP) is 3.46. The third kappa shape index (κ3) is 4.35. The topological polar surface area (TPSA) is 64.7 Å². The number of allylic oxidation sites excluding steroid dienone is 2. The van der Waals surface area contributed by atoms with Gasteiger partial charge < -0.3 is 0 Å². The van der Waals surface area contributed by atoms with Gasteiger partial charge in [0.1, 0.15) is 0 Å². The van der Waals surface area contributed by atoms with Crippen LogP contribution in [0.3, 0.4) is 0 Å². The van der Waals surface area contributed by atoms with Gasteiger partial charge in [-0.25, -0.2) is 0 Å². The Kier molecular flexibility index (Phi) is 7.27. The van der Waals surface area contributed by atoms with Crippen LogP contribution < -0.4 is 8.05 Å². The zero-order valence-electron chi connectivity index (χ0n) is 20.5. The maximum absolute atomic E-state index is 11.8. The molecule has 2 fully saturated rings. The molecule has 6 nitrogen and oxygen atoms in total. The van der Waals surface area contributed by atoms with Gasteiger partial charge in [0.15, 0.2) is 0 Å². The second-order valence-corrected chi connectivity index (χ2v) is 34.5. The molecule has 2 atom stereocenters. The van der Waals surface area contributed by atoms with Gasteiger partial charge in [0, 0.05) is 0 Å². The molecule has 2 saturated heterocycles. The van der Waals surface area contributed by atoms with Gasteiger partial charge in [-0.05, 0) is 0 Å². The third-order valence-corrected chi connectivity index (χ3v) is 39.1. The Morgan fingerprint density at radius 3 is 1.53 bits per heavy atom. The van der Waals surface area contributed by atoms with E-state index in [4.69, 9.17) is 0 Å². The molecule has 2 aromatic rings. The molecule has 0 aromatic heterocycles. The maximum atomic E-state index is 11.8. The van der Waals surface area contributed by atoms with E-state index in [1.165, 1.54) is 59.3 Å². The van der Waals surface area contributed by atoms with E-state index in [0.29, 0.717) is 7.25 Å². The summed E-state index contributed by atoms with van der Waals surface area (Å²) in [5.74, 6) is 0. The molecule has 183 valence electrons. The normalized spacial score (nSPS) is 22.0. The molecule has 2 aliphatic carbocycles. The molecule has 0 saturated carbocycles. The van der Waals surface area contributed by atoms with Gasteiger partial charge in [-0.1, -0.05) is 0 Å². The molecule has 0 radical (unpaired) electrons. The third-order valence-electron chi connectivity index (χ3n) is 8.21. The number of hydrogen-bond donors (Lipinski definition) is 2. The predicted molar refractivity (Wildman–Crippen MR) is 140 cm³/mol. The summed E-state index contributed by atoms with van der Waals surface area (Å²) in [6.07, 6.45) is 11.7. The van der Waals surface area contributed by atoms with Gasteiger partial charge in [0.25, 0.3) is 0 Å². The van der Waals surface area contributed by atoms with Crippen molar-refractivity contribution in [2.45, 2.75) is 32.9 Å². The Balaban J connectivity index is 1.48. The first-order chi connectivity index (χ1) is 17.8. The molecule has 6 rings (SSSR count). The fraction of sp³-hybridized carbons (Fsp3) is 0.357. The van der Waals surface area contributed by atoms with Crippen LogP contribution in [0.1, 0.15) is 55.2 Å². The number of amides is 2. The molecule has 2 unspecified atom stereocenters. The van der Waals surface area contributed by atoms with Gasteiger partial charge in [0.05, 0.1) is 0 Å². The molecular formula is C28H32GaN4O2Zr. The van der Waals surface area contributed by atoms with E-state index in [1.807, 2.05) is 0 Å². The van der Waals surface area contributed by atoms with Crippen molar-refractivity contribution in [3.05, 3.63) is 82.9 Å². The number of hydrogen-bond acceptors (Lipinski definition) is 4. The van der Waals surface area contributed by atoms with E-state index in [0.717, 1.165) is 39.0 Å². The first-order valence-electron chi connectivity index (χ1n) is 13.2. The first-order valence-corrected chi connectivity index (χ1v) is 27.0. The summed E-state index contributed by atoms with van der Waals surface area (Å²) in [6.45, 7) is 4.45. The van der Waals surface area contributed by atoms with Crippen molar-refractivity contribution in [2.24, 2.45) is 0 Å². The number of carbonyl (C=O) groups is 2. The number of nitrogens with one attached hydrogen (secondary N) is 2. The van der Waals surface area contributed by atoms with Crippen molar-refractivity contribution in [1.82, 2.24) is 17.8 Å². The molecule has 8 heteroatoms. The van der Waals surface area contributed by atoms with Crippen LogP contribution in [-0.2, 0) is 28.3 Å². The van der Waals surface area contributed by atoms with Crippen LogP contribution in [0.15, 0.2) is 60.7 Å². The molecule has 36 heavy (non-hydrogen) atoms. The standard InChI is InChI=1S/2C13H14N.2CH3NO.Ga.Zr/c2*1-2-6-12-11(5-1)7-8-13(12)14-9-3-4-10-14;2*2-1-3;;/h2*1-2,5-8H,3-4,9-10H2;2*1H,(H2,2,3);;/q;;;;+2;/p-2. The van der Waals surface area contributed by atoms with Crippen molar-refractivity contribution in [2.75, 3.05) is 26.2 Å². The minimum absolute atomic E-state index is 0.330. The van der Waals surface area contributed by atoms with Crippen LogP contribution in [0, 0.1) is 0 Å². The molecule has 2 aromatic carbocycles. The molecule has 2 N–H and O–H groups in total. The van der Waals surface area contributed by atoms with Crippen LogP contribution in [0.4, 0.5) is 0 Å².